The summed E-state index contributed by atoms with van der Waals surface area (Å²) in [7, 11) is 4.61. The van der Waals surface area contributed by atoms with Crippen LogP contribution < -0.4 is 14.2 Å². The van der Waals surface area contributed by atoms with Crippen LogP contribution in [-0.2, 0) is 14.9 Å². The number of carbonyl (C=O) groups excluding carboxylic acids is 1. The molecule has 1 heterocycles. The Hall–Kier alpha value is -3.28. The van der Waals surface area contributed by atoms with Crippen LogP contribution >= 0.6 is 0 Å². The summed E-state index contributed by atoms with van der Waals surface area (Å²) in [5.74, 6) is 1.25. The third-order valence-corrected chi connectivity index (χ3v) is 4.61. The van der Waals surface area contributed by atoms with Gasteiger partial charge in [-0.3, -0.25) is 0 Å². The zero-order valence-corrected chi connectivity index (χ0v) is 17.5. The number of methoxy groups -OCH3 is 3. The van der Waals surface area contributed by atoms with Gasteiger partial charge in [-0.05, 0) is 46.9 Å². The van der Waals surface area contributed by atoms with Gasteiger partial charge in [-0.15, -0.1) is 0 Å². The minimum atomic E-state index is -0.506. The summed E-state index contributed by atoms with van der Waals surface area (Å²) in [6.45, 7) is 6.44. The van der Waals surface area contributed by atoms with Crippen LogP contribution in [-0.4, -0.2) is 33.2 Å². The third-order valence-electron chi connectivity index (χ3n) is 4.61. The molecular weight excluding hydrogens is 370 g/mol. The van der Waals surface area contributed by atoms with Crippen molar-refractivity contribution in [2.75, 3.05) is 21.3 Å². The van der Waals surface area contributed by atoms with Crippen molar-refractivity contribution < 1.29 is 23.7 Å². The topological polar surface area (TPSA) is 66.4 Å². The van der Waals surface area contributed by atoms with Crippen LogP contribution in [0.2, 0.25) is 0 Å². The number of ether oxygens (including phenoxy) is 4. The SMILES string of the molecule is COc1cc(C=C2N=C(c3ccc(C(C)(C)C)cc3)OC2=O)cc(OC)c1OC. The minimum absolute atomic E-state index is 0.0459. The van der Waals surface area contributed by atoms with Gasteiger partial charge in [-0.25, -0.2) is 9.79 Å². The first-order valence-corrected chi connectivity index (χ1v) is 9.20. The van der Waals surface area contributed by atoms with E-state index in [0.29, 0.717) is 22.8 Å². The molecule has 1 aliphatic heterocycles. The van der Waals surface area contributed by atoms with Gasteiger partial charge < -0.3 is 18.9 Å². The Labute approximate surface area is 170 Å². The summed E-state index contributed by atoms with van der Waals surface area (Å²) in [5, 5.41) is 0. The molecule has 3 rings (SSSR count). The number of benzene rings is 2. The predicted octanol–water partition coefficient (Wildman–Crippen LogP) is 4.35. The maximum Gasteiger partial charge on any atom is 0.363 e. The number of esters is 1. The second kappa shape index (κ2) is 7.99. The second-order valence-electron chi connectivity index (χ2n) is 7.62. The largest absolute Gasteiger partial charge is 0.493 e. The second-order valence-corrected chi connectivity index (χ2v) is 7.62. The molecule has 0 saturated carbocycles. The zero-order valence-electron chi connectivity index (χ0n) is 17.5. The van der Waals surface area contributed by atoms with E-state index in [9.17, 15) is 4.79 Å². The highest BCUT2D eigenvalue weighted by atomic mass is 16.6. The van der Waals surface area contributed by atoms with Crippen LogP contribution in [0.5, 0.6) is 17.2 Å². The summed E-state index contributed by atoms with van der Waals surface area (Å²) in [6, 6.07) is 11.4. The Balaban J connectivity index is 1.95. The van der Waals surface area contributed by atoms with Crippen LogP contribution in [0.15, 0.2) is 47.1 Å². The summed E-state index contributed by atoms with van der Waals surface area (Å²) >= 11 is 0. The van der Waals surface area contributed by atoms with E-state index in [1.807, 2.05) is 24.3 Å². The number of rotatable bonds is 5. The fourth-order valence-corrected chi connectivity index (χ4v) is 2.99. The lowest BCUT2D eigenvalue weighted by Crippen LogP contribution is -2.11. The quantitative estimate of drug-likeness (QED) is 0.556. The van der Waals surface area contributed by atoms with E-state index in [1.54, 1.807) is 18.2 Å². The average molecular weight is 395 g/mol. The highest BCUT2D eigenvalue weighted by Gasteiger charge is 2.25. The molecule has 0 radical (unpaired) electrons. The highest BCUT2D eigenvalue weighted by molar-refractivity contribution is 6.12. The minimum Gasteiger partial charge on any atom is -0.493 e. The Bertz CT molecular complexity index is 956. The molecule has 2 aromatic carbocycles. The van der Waals surface area contributed by atoms with E-state index in [2.05, 4.69) is 25.8 Å². The molecule has 0 saturated heterocycles. The van der Waals surface area contributed by atoms with Crippen molar-refractivity contribution in [2.45, 2.75) is 26.2 Å². The molecule has 152 valence electrons. The standard InChI is InChI=1S/C23H25NO5/c1-23(2,3)16-9-7-15(8-10-16)21-24-17(22(25)29-21)11-14-12-18(26-4)20(28-6)19(13-14)27-5/h7-13H,1-6H3. The molecule has 1 aliphatic rings. The fourth-order valence-electron chi connectivity index (χ4n) is 2.99. The van der Waals surface area contributed by atoms with Gasteiger partial charge in [0.25, 0.3) is 0 Å². The number of hydrogen-bond donors (Lipinski definition) is 0. The Morgan fingerprint density at radius 1 is 0.931 bits per heavy atom. The summed E-state index contributed by atoms with van der Waals surface area (Å²) in [6.07, 6.45) is 1.63. The first kappa shape index (κ1) is 20.5. The van der Waals surface area contributed by atoms with E-state index in [-0.39, 0.29) is 17.0 Å². The Morgan fingerprint density at radius 3 is 2.00 bits per heavy atom. The molecule has 0 aromatic heterocycles. The van der Waals surface area contributed by atoms with E-state index in [0.717, 1.165) is 5.56 Å². The summed E-state index contributed by atoms with van der Waals surface area (Å²) in [4.78, 5) is 16.7. The smallest absolute Gasteiger partial charge is 0.363 e. The molecule has 2 aromatic rings. The van der Waals surface area contributed by atoms with Crippen molar-refractivity contribution in [3.05, 3.63) is 58.8 Å². The summed E-state index contributed by atoms with van der Waals surface area (Å²) in [5.41, 5.74) is 2.87. The van der Waals surface area contributed by atoms with Crippen LogP contribution in [0.1, 0.15) is 37.5 Å². The number of nitrogens with zero attached hydrogens (tertiary/aromatic N) is 1. The molecule has 6 heteroatoms. The normalized spacial score (nSPS) is 15.2. The molecule has 0 spiro atoms. The van der Waals surface area contributed by atoms with Crippen molar-refractivity contribution in [3.8, 4) is 17.2 Å². The number of aliphatic imine (C=N–C) groups is 1. The third kappa shape index (κ3) is 4.26. The van der Waals surface area contributed by atoms with Gasteiger partial charge in [0.15, 0.2) is 17.2 Å². The van der Waals surface area contributed by atoms with Crippen molar-refractivity contribution in [3.63, 3.8) is 0 Å². The van der Waals surface area contributed by atoms with Crippen molar-refractivity contribution in [1.29, 1.82) is 0 Å². The van der Waals surface area contributed by atoms with Gasteiger partial charge >= 0.3 is 5.97 Å². The summed E-state index contributed by atoms with van der Waals surface area (Å²) < 4.78 is 21.4. The maximum absolute atomic E-state index is 12.3. The van der Waals surface area contributed by atoms with E-state index >= 15 is 0 Å². The molecule has 0 fully saturated rings. The molecule has 29 heavy (non-hydrogen) atoms. The van der Waals surface area contributed by atoms with Gasteiger partial charge in [-0.1, -0.05) is 32.9 Å². The van der Waals surface area contributed by atoms with Gasteiger partial charge in [0.1, 0.15) is 0 Å². The molecule has 0 aliphatic carbocycles. The number of carbonyl (C=O) groups is 1. The molecule has 0 unspecified atom stereocenters. The molecule has 0 bridgehead atoms. The van der Waals surface area contributed by atoms with Crippen LogP contribution in [0.25, 0.3) is 6.08 Å². The molecular formula is C23H25NO5. The Kier molecular flexibility index (Phi) is 5.64. The zero-order chi connectivity index (χ0) is 21.2. The van der Waals surface area contributed by atoms with Gasteiger partial charge in [0.05, 0.1) is 21.3 Å². The average Bonchev–Trinajstić information content (AvgIpc) is 3.06. The van der Waals surface area contributed by atoms with E-state index in [4.69, 9.17) is 18.9 Å². The molecule has 0 amide bonds. The van der Waals surface area contributed by atoms with Gasteiger partial charge in [0.2, 0.25) is 11.6 Å². The maximum atomic E-state index is 12.3. The predicted molar refractivity (Wildman–Crippen MR) is 112 cm³/mol. The molecule has 0 N–H and O–H groups in total. The molecule has 0 atom stereocenters. The van der Waals surface area contributed by atoms with Gasteiger partial charge in [0, 0.05) is 5.56 Å². The van der Waals surface area contributed by atoms with Crippen LogP contribution in [0.4, 0.5) is 0 Å². The van der Waals surface area contributed by atoms with E-state index in [1.165, 1.54) is 26.9 Å². The highest BCUT2D eigenvalue weighted by Crippen LogP contribution is 2.39. The first-order valence-electron chi connectivity index (χ1n) is 9.20. The van der Waals surface area contributed by atoms with Crippen LogP contribution in [0, 0.1) is 0 Å². The lowest BCUT2D eigenvalue weighted by molar-refractivity contribution is -0.129. The monoisotopic (exact) mass is 395 g/mol. The fraction of sp³-hybridized carbons (Fsp3) is 0.304. The van der Waals surface area contributed by atoms with Gasteiger partial charge in [-0.2, -0.15) is 0 Å². The first-order chi connectivity index (χ1) is 13.8. The Morgan fingerprint density at radius 2 is 1.52 bits per heavy atom. The van der Waals surface area contributed by atoms with E-state index < -0.39 is 5.97 Å². The van der Waals surface area contributed by atoms with Crippen molar-refractivity contribution in [2.24, 2.45) is 4.99 Å². The van der Waals surface area contributed by atoms with Crippen molar-refractivity contribution >= 4 is 17.9 Å². The number of cyclic esters (lactones) is 1. The molecule has 6 nitrogen and oxygen atoms in total. The lowest BCUT2D eigenvalue weighted by Gasteiger charge is -2.18. The van der Waals surface area contributed by atoms with Crippen LogP contribution in [0.3, 0.4) is 0 Å². The lowest BCUT2D eigenvalue weighted by atomic mass is 9.87. The van der Waals surface area contributed by atoms with Crippen molar-refractivity contribution in [1.82, 2.24) is 0 Å². The number of hydrogen-bond acceptors (Lipinski definition) is 6.